The molecule has 3 heterocycles. The van der Waals surface area contributed by atoms with Crippen LogP contribution in [-0.2, 0) is 11.8 Å². The molecular formula is C23H25N5OS. The number of benzene rings is 1. The van der Waals surface area contributed by atoms with Crippen LogP contribution in [0.2, 0.25) is 0 Å². The molecule has 0 spiro atoms. The summed E-state index contributed by atoms with van der Waals surface area (Å²) in [5.41, 5.74) is 6.28. The first-order valence-corrected chi connectivity index (χ1v) is 10.3. The Kier molecular flexibility index (Phi) is 5.30. The first kappa shape index (κ1) is 20.1. The molecule has 2 aromatic heterocycles. The number of nitrogens with one attached hydrogen (secondary N) is 2. The summed E-state index contributed by atoms with van der Waals surface area (Å²) in [6.45, 7) is 5.75. The number of rotatable bonds is 4. The minimum Gasteiger partial charge on any atom is -0.352 e. The molecule has 2 N–H and O–H groups in total. The fraction of sp³-hybridized carbons (Fsp3) is 0.261. The Bertz CT molecular complexity index is 1090. The van der Waals surface area contributed by atoms with Crippen molar-refractivity contribution in [3.8, 4) is 0 Å². The standard InChI is InChI=1S/C23H25N5OS/c1-14-13-19(15(2)27(14)4)22-21(20-7-5-6-12-24-20)26-23(30)28(22)18-10-8-17(9-11-18)25-16(3)29/h5-13,21-22H,1-4H3,(H,25,29)(H,26,30)/t21-,22+/m0/s1. The van der Waals surface area contributed by atoms with Crippen molar-refractivity contribution in [2.75, 3.05) is 10.2 Å². The van der Waals surface area contributed by atoms with Gasteiger partial charge in [-0.3, -0.25) is 9.78 Å². The van der Waals surface area contributed by atoms with Crippen LogP contribution >= 0.6 is 12.2 Å². The highest BCUT2D eigenvalue weighted by molar-refractivity contribution is 7.80. The van der Waals surface area contributed by atoms with Crippen LogP contribution in [-0.4, -0.2) is 20.6 Å². The summed E-state index contributed by atoms with van der Waals surface area (Å²) in [6, 6.07) is 15.8. The van der Waals surface area contributed by atoms with E-state index in [1.165, 1.54) is 23.9 Å². The van der Waals surface area contributed by atoms with Crippen LogP contribution in [0.15, 0.2) is 54.7 Å². The van der Waals surface area contributed by atoms with Crippen LogP contribution in [0, 0.1) is 13.8 Å². The van der Waals surface area contributed by atoms with E-state index >= 15 is 0 Å². The van der Waals surface area contributed by atoms with E-state index in [-0.39, 0.29) is 18.0 Å². The van der Waals surface area contributed by atoms with Gasteiger partial charge in [0, 0.05) is 42.9 Å². The number of carbonyl (C=O) groups excluding carboxylic acids is 1. The number of thiocarbonyl (C=S) groups is 1. The van der Waals surface area contributed by atoms with E-state index in [1.807, 2.05) is 48.7 Å². The quantitative estimate of drug-likeness (QED) is 0.622. The first-order valence-electron chi connectivity index (χ1n) is 9.88. The van der Waals surface area contributed by atoms with Gasteiger partial charge in [0.2, 0.25) is 5.91 Å². The molecule has 0 unspecified atom stereocenters. The van der Waals surface area contributed by atoms with Gasteiger partial charge in [-0.25, -0.2) is 0 Å². The van der Waals surface area contributed by atoms with Crippen molar-refractivity contribution in [3.05, 3.63) is 77.4 Å². The highest BCUT2D eigenvalue weighted by Gasteiger charge is 2.42. The highest BCUT2D eigenvalue weighted by Crippen LogP contribution is 2.43. The number of aromatic nitrogens is 2. The number of aryl methyl sites for hydroxylation is 1. The molecule has 1 fully saturated rings. The predicted octanol–water partition coefficient (Wildman–Crippen LogP) is 4.17. The molecule has 2 atom stereocenters. The van der Waals surface area contributed by atoms with Crippen molar-refractivity contribution in [2.45, 2.75) is 32.9 Å². The molecule has 0 radical (unpaired) electrons. The second-order valence-corrected chi connectivity index (χ2v) is 8.00. The fourth-order valence-corrected chi connectivity index (χ4v) is 4.39. The van der Waals surface area contributed by atoms with Gasteiger partial charge in [-0.05, 0) is 74.1 Å². The number of pyridine rings is 1. The lowest BCUT2D eigenvalue weighted by atomic mass is 9.96. The Morgan fingerprint density at radius 2 is 1.90 bits per heavy atom. The maximum absolute atomic E-state index is 11.4. The monoisotopic (exact) mass is 419 g/mol. The summed E-state index contributed by atoms with van der Waals surface area (Å²) in [7, 11) is 2.08. The lowest BCUT2D eigenvalue weighted by Crippen LogP contribution is -2.29. The molecule has 154 valence electrons. The van der Waals surface area contributed by atoms with Crippen molar-refractivity contribution in [1.29, 1.82) is 0 Å². The normalized spacial score (nSPS) is 18.4. The number of nitrogens with zero attached hydrogens (tertiary/aromatic N) is 3. The van der Waals surface area contributed by atoms with Gasteiger partial charge in [-0.15, -0.1) is 0 Å². The van der Waals surface area contributed by atoms with E-state index in [2.05, 4.69) is 52.0 Å². The number of amides is 1. The van der Waals surface area contributed by atoms with Gasteiger partial charge in [0.15, 0.2) is 5.11 Å². The van der Waals surface area contributed by atoms with Gasteiger partial charge in [-0.1, -0.05) is 6.07 Å². The second kappa shape index (κ2) is 7.91. The van der Waals surface area contributed by atoms with Crippen LogP contribution in [0.25, 0.3) is 0 Å². The molecule has 0 bridgehead atoms. The zero-order valence-electron chi connectivity index (χ0n) is 17.5. The third-order valence-corrected chi connectivity index (χ3v) is 6.01. The van der Waals surface area contributed by atoms with Gasteiger partial charge >= 0.3 is 0 Å². The van der Waals surface area contributed by atoms with Crippen molar-refractivity contribution < 1.29 is 4.79 Å². The minimum atomic E-state index is -0.0930. The lowest BCUT2D eigenvalue weighted by Gasteiger charge is -2.28. The average Bonchev–Trinajstić information content (AvgIpc) is 3.20. The lowest BCUT2D eigenvalue weighted by molar-refractivity contribution is -0.114. The summed E-state index contributed by atoms with van der Waals surface area (Å²) in [4.78, 5) is 18.1. The Morgan fingerprint density at radius 3 is 2.47 bits per heavy atom. The average molecular weight is 420 g/mol. The molecule has 1 aliphatic heterocycles. The largest absolute Gasteiger partial charge is 0.352 e. The van der Waals surface area contributed by atoms with Gasteiger partial charge in [0.05, 0.1) is 17.8 Å². The van der Waals surface area contributed by atoms with Crippen molar-refractivity contribution in [3.63, 3.8) is 0 Å². The Labute approximate surface area is 181 Å². The molecule has 30 heavy (non-hydrogen) atoms. The van der Waals surface area contributed by atoms with E-state index in [4.69, 9.17) is 12.2 Å². The van der Waals surface area contributed by atoms with E-state index in [0.29, 0.717) is 5.11 Å². The second-order valence-electron chi connectivity index (χ2n) is 7.61. The zero-order valence-corrected chi connectivity index (χ0v) is 18.3. The molecule has 7 heteroatoms. The summed E-state index contributed by atoms with van der Waals surface area (Å²) in [5, 5.41) is 6.95. The molecule has 0 saturated carbocycles. The number of carbonyl (C=O) groups is 1. The molecule has 1 aliphatic rings. The molecule has 4 rings (SSSR count). The molecule has 1 amide bonds. The third-order valence-electron chi connectivity index (χ3n) is 5.70. The van der Waals surface area contributed by atoms with E-state index in [1.54, 1.807) is 0 Å². The first-order chi connectivity index (χ1) is 14.4. The summed E-state index contributed by atoms with van der Waals surface area (Å²) >= 11 is 5.77. The maximum atomic E-state index is 11.4. The number of anilines is 2. The Morgan fingerprint density at radius 1 is 1.17 bits per heavy atom. The smallest absolute Gasteiger partial charge is 0.221 e. The summed E-state index contributed by atoms with van der Waals surface area (Å²) < 4.78 is 2.20. The topological polar surface area (TPSA) is 62.2 Å². The van der Waals surface area contributed by atoms with Gasteiger partial charge in [0.25, 0.3) is 0 Å². The Balaban J connectivity index is 1.80. The van der Waals surface area contributed by atoms with Crippen molar-refractivity contribution >= 4 is 34.6 Å². The van der Waals surface area contributed by atoms with Crippen LogP contribution in [0.3, 0.4) is 0 Å². The fourth-order valence-electron chi connectivity index (χ4n) is 4.04. The van der Waals surface area contributed by atoms with E-state index in [9.17, 15) is 4.79 Å². The maximum Gasteiger partial charge on any atom is 0.221 e. The molecule has 0 aliphatic carbocycles. The van der Waals surface area contributed by atoms with E-state index < -0.39 is 0 Å². The van der Waals surface area contributed by atoms with Crippen LogP contribution in [0.5, 0.6) is 0 Å². The predicted molar refractivity (Wildman–Crippen MR) is 124 cm³/mol. The van der Waals surface area contributed by atoms with Crippen molar-refractivity contribution in [2.24, 2.45) is 7.05 Å². The van der Waals surface area contributed by atoms with Gasteiger partial charge in [0.1, 0.15) is 0 Å². The van der Waals surface area contributed by atoms with Crippen LogP contribution in [0.1, 0.15) is 41.7 Å². The number of hydrogen-bond acceptors (Lipinski definition) is 3. The van der Waals surface area contributed by atoms with Crippen LogP contribution in [0.4, 0.5) is 11.4 Å². The number of hydrogen-bond donors (Lipinski definition) is 2. The summed E-state index contributed by atoms with van der Waals surface area (Å²) in [6.07, 6.45) is 1.81. The van der Waals surface area contributed by atoms with Crippen LogP contribution < -0.4 is 15.5 Å². The minimum absolute atomic E-state index is 0.0427. The molecular weight excluding hydrogens is 394 g/mol. The zero-order chi connectivity index (χ0) is 21.4. The molecule has 6 nitrogen and oxygen atoms in total. The third kappa shape index (κ3) is 3.57. The van der Waals surface area contributed by atoms with Gasteiger partial charge < -0.3 is 20.1 Å². The molecule has 3 aromatic rings. The molecule has 1 saturated heterocycles. The van der Waals surface area contributed by atoms with E-state index in [0.717, 1.165) is 17.1 Å². The molecule has 1 aromatic carbocycles. The van der Waals surface area contributed by atoms with Gasteiger partial charge in [-0.2, -0.15) is 0 Å². The SMILES string of the molecule is CC(=O)Nc1ccc(N2C(=S)N[C@@H](c3ccccn3)[C@H]2c2cc(C)n(C)c2C)cc1. The van der Waals surface area contributed by atoms with Crippen molar-refractivity contribution in [1.82, 2.24) is 14.9 Å². The summed E-state index contributed by atoms with van der Waals surface area (Å²) in [5.74, 6) is -0.0930. The highest BCUT2D eigenvalue weighted by atomic mass is 32.1. The Hall–Kier alpha value is -3.19.